The van der Waals surface area contributed by atoms with E-state index in [1.165, 1.54) is 13.2 Å². The van der Waals surface area contributed by atoms with Crippen LogP contribution in [0, 0.1) is 19.7 Å². The van der Waals surface area contributed by atoms with Gasteiger partial charge in [-0.15, -0.1) is 10.2 Å². The average Bonchev–Trinajstić information content (AvgIpc) is 3.13. The largest absolute Gasteiger partial charge is 0.465 e. The Labute approximate surface area is 160 Å². The molecule has 0 unspecified atom stereocenters. The number of rotatable bonds is 5. The summed E-state index contributed by atoms with van der Waals surface area (Å²) in [5.74, 6) is -0.906. The summed E-state index contributed by atoms with van der Waals surface area (Å²) in [5, 5.41) is 14.6. The molecule has 0 aliphatic rings. The summed E-state index contributed by atoms with van der Waals surface area (Å²) in [6.07, 6.45) is 0. The van der Waals surface area contributed by atoms with E-state index in [0.29, 0.717) is 28.2 Å². The smallest absolute Gasteiger partial charge is 0.337 e. The fourth-order valence-corrected chi connectivity index (χ4v) is 2.53. The molecular weight excluding hydrogens is 365 g/mol. The highest BCUT2D eigenvalue weighted by atomic mass is 19.1. The van der Waals surface area contributed by atoms with Crippen molar-refractivity contribution in [3.05, 3.63) is 58.9 Å². The molecule has 1 heterocycles. The van der Waals surface area contributed by atoms with Gasteiger partial charge in [0.15, 0.2) is 0 Å². The van der Waals surface area contributed by atoms with E-state index in [4.69, 9.17) is 0 Å². The van der Waals surface area contributed by atoms with Gasteiger partial charge in [0.05, 0.1) is 12.7 Å². The van der Waals surface area contributed by atoms with Gasteiger partial charge in [-0.1, -0.05) is 6.07 Å². The molecule has 0 atom stereocenters. The van der Waals surface area contributed by atoms with Crippen LogP contribution in [-0.2, 0) is 16.1 Å². The molecule has 2 aromatic carbocycles. The van der Waals surface area contributed by atoms with Crippen molar-refractivity contribution in [1.29, 1.82) is 0 Å². The highest BCUT2D eigenvalue weighted by Crippen LogP contribution is 2.19. The number of ether oxygens (including phenoxy) is 1. The number of hydrogen-bond donors (Lipinski definition) is 1. The number of nitrogens with zero attached hydrogens (tertiary/aromatic N) is 4. The number of nitrogens with one attached hydrogen (secondary N) is 1. The standard InChI is InChI=1S/C19H18FN5O3/c1-11-4-5-14(19(27)28-3)9-16(11)21-17(26)10-25-23-18(22-24-25)13-6-7-15(20)12(2)8-13/h4-9H,10H2,1-3H3,(H,21,26). The van der Waals surface area contributed by atoms with Gasteiger partial charge in [0.25, 0.3) is 0 Å². The first-order chi connectivity index (χ1) is 13.4. The number of methoxy groups -OCH3 is 1. The minimum absolute atomic E-state index is 0.172. The van der Waals surface area contributed by atoms with Gasteiger partial charge in [-0.3, -0.25) is 4.79 Å². The third kappa shape index (κ3) is 4.20. The molecule has 0 fully saturated rings. The second-order valence-electron chi connectivity index (χ2n) is 6.18. The molecule has 8 nitrogen and oxygen atoms in total. The Morgan fingerprint density at radius 2 is 1.93 bits per heavy atom. The zero-order valence-corrected chi connectivity index (χ0v) is 15.6. The van der Waals surface area contributed by atoms with Gasteiger partial charge >= 0.3 is 5.97 Å². The number of esters is 1. The predicted octanol–water partition coefficient (Wildman–Crippen LogP) is 2.52. The van der Waals surface area contributed by atoms with Crippen molar-refractivity contribution >= 4 is 17.6 Å². The maximum atomic E-state index is 13.4. The SMILES string of the molecule is COC(=O)c1ccc(C)c(NC(=O)Cn2nnc(-c3ccc(F)c(C)c3)n2)c1. The quantitative estimate of drug-likeness (QED) is 0.680. The Balaban J connectivity index is 1.71. The molecule has 3 aromatic rings. The molecule has 1 aromatic heterocycles. The zero-order valence-electron chi connectivity index (χ0n) is 15.6. The number of aryl methyl sites for hydroxylation is 2. The van der Waals surface area contributed by atoms with Gasteiger partial charge < -0.3 is 10.1 Å². The second-order valence-corrected chi connectivity index (χ2v) is 6.18. The Bertz CT molecular complexity index is 1050. The molecule has 9 heteroatoms. The third-order valence-electron chi connectivity index (χ3n) is 4.09. The maximum absolute atomic E-state index is 13.4. The molecule has 1 N–H and O–H groups in total. The molecule has 3 rings (SSSR count). The lowest BCUT2D eigenvalue weighted by Gasteiger charge is -2.09. The van der Waals surface area contributed by atoms with Gasteiger partial charge in [-0.2, -0.15) is 4.80 Å². The van der Waals surface area contributed by atoms with Gasteiger partial charge in [0.1, 0.15) is 12.4 Å². The molecule has 28 heavy (non-hydrogen) atoms. The lowest BCUT2D eigenvalue weighted by atomic mass is 10.1. The van der Waals surface area contributed by atoms with Gasteiger partial charge in [0, 0.05) is 11.3 Å². The summed E-state index contributed by atoms with van der Waals surface area (Å²) in [6, 6.07) is 9.36. The van der Waals surface area contributed by atoms with Crippen molar-refractivity contribution in [1.82, 2.24) is 20.2 Å². The normalized spacial score (nSPS) is 10.6. The number of tetrazole rings is 1. The number of aromatic nitrogens is 4. The zero-order chi connectivity index (χ0) is 20.3. The second kappa shape index (κ2) is 7.95. The first kappa shape index (κ1) is 19.2. The molecule has 144 valence electrons. The van der Waals surface area contributed by atoms with Crippen LogP contribution < -0.4 is 5.32 Å². The van der Waals surface area contributed by atoms with Crippen molar-refractivity contribution in [3.8, 4) is 11.4 Å². The Morgan fingerprint density at radius 3 is 2.64 bits per heavy atom. The van der Waals surface area contributed by atoms with Gasteiger partial charge in [-0.25, -0.2) is 9.18 Å². The van der Waals surface area contributed by atoms with E-state index >= 15 is 0 Å². The van der Waals surface area contributed by atoms with Crippen LogP contribution in [0.15, 0.2) is 36.4 Å². The average molecular weight is 383 g/mol. The van der Waals surface area contributed by atoms with Crippen molar-refractivity contribution in [2.24, 2.45) is 0 Å². The molecule has 0 saturated heterocycles. The summed E-state index contributed by atoms with van der Waals surface area (Å²) in [4.78, 5) is 25.1. The van der Waals surface area contributed by atoms with Crippen molar-refractivity contribution in [2.75, 3.05) is 12.4 Å². The van der Waals surface area contributed by atoms with E-state index < -0.39 is 5.97 Å². The van der Waals surface area contributed by atoms with Crippen LogP contribution in [0.4, 0.5) is 10.1 Å². The lowest BCUT2D eigenvalue weighted by Crippen LogP contribution is -2.21. The molecule has 0 aliphatic carbocycles. The molecule has 0 bridgehead atoms. The lowest BCUT2D eigenvalue weighted by molar-refractivity contribution is -0.117. The van der Waals surface area contributed by atoms with E-state index in [9.17, 15) is 14.0 Å². The first-order valence-corrected chi connectivity index (χ1v) is 8.40. The van der Waals surface area contributed by atoms with E-state index in [1.807, 2.05) is 0 Å². The third-order valence-corrected chi connectivity index (χ3v) is 4.09. The molecule has 0 radical (unpaired) electrons. The summed E-state index contributed by atoms with van der Waals surface area (Å²) < 4.78 is 18.1. The molecule has 0 spiro atoms. The number of hydrogen-bond acceptors (Lipinski definition) is 6. The minimum Gasteiger partial charge on any atom is -0.465 e. The molecular formula is C19H18FN5O3. The number of amides is 1. The first-order valence-electron chi connectivity index (χ1n) is 8.40. The summed E-state index contributed by atoms with van der Waals surface area (Å²) >= 11 is 0. The molecule has 1 amide bonds. The number of carbonyl (C=O) groups is 2. The van der Waals surface area contributed by atoms with Crippen LogP contribution in [0.3, 0.4) is 0 Å². The van der Waals surface area contributed by atoms with Crippen LogP contribution in [0.2, 0.25) is 0 Å². The Hall–Kier alpha value is -3.62. The van der Waals surface area contributed by atoms with Crippen LogP contribution in [-0.4, -0.2) is 39.2 Å². The van der Waals surface area contributed by atoms with Crippen LogP contribution in [0.1, 0.15) is 21.5 Å². The van der Waals surface area contributed by atoms with E-state index in [1.54, 1.807) is 44.2 Å². The van der Waals surface area contributed by atoms with E-state index in [-0.39, 0.29) is 18.3 Å². The van der Waals surface area contributed by atoms with Crippen LogP contribution in [0.25, 0.3) is 11.4 Å². The Kier molecular flexibility index (Phi) is 5.44. The van der Waals surface area contributed by atoms with Gasteiger partial charge in [0.2, 0.25) is 11.7 Å². The summed E-state index contributed by atoms with van der Waals surface area (Å²) in [6.45, 7) is 3.27. The van der Waals surface area contributed by atoms with E-state index in [0.717, 1.165) is 10.4 Å². The fourth-order valence-electron chi connectivity index (χ4n) is 2.53. The summed E-state index contributed by atoms with van der Waals surface area (Å²) in [7, 11) is 1.29. The number of benzene rings is 2. The Morgan fingerprint density at radius 1 is 1.14 bits per heavy atom. The highest BCUT2D eigenvalue weighted by molar-refractivity contribution is 5.95. The van der Waals surface area contributed by atoms with E-state index in [2.05, 4.69) is 25.5 Å². The predicted molar refractivity (Wildman–Crippen MR) is 99.1 cm³/mol. The van der Waals surface area contributed by atoms with Crippen molar-refractivity contribution < 1.29 is 18.7 Å². The summed E-state index contributed by atoms with van der Waals surface area (Å²) in [5.41, 5.74) is 2.67. The van der Waals surface area contributed by atoms with Crippen molar-refractivity contribution in [2.45, 2.75) is 20.4 Å². The molecule has 0 aliphatic heterocycles. The van der Waals surface area contributed by atoms with Crippen LogP contribution in [0.5, 0.6) is 0 Å². The minimum atomic E-state index is -0.493. The highest BCUT2D eigenvalue weighted by Gasteiger charge is 2.13. The van der Waals surface area contributed by atoms with Crippen LogP contribution >= 0.6 is 0 Å². The molecule has 0 saturated carbocycles. The topological polar surface area (TPSA) is 99.0 Å². The number of carbonyl (C=O) groups excluding carboxylic acids is 2. The number of anilines is 1. The number of halogens is 1. The van der Waals surface area contributed by atoms with Gasteiger partial charge in [-0.05, 0) is 60.5 Å². The monoisotopic (exact) mass is 383 g/mol. The van der Waals surface area contributed by atoms with Crippen molar-refractivity contribution in [3.63, 3.8) is 0 Å². The fraction of sp³-hybridized carbons (Fsp3) is 0.211. The maximum Gasteiger partial charge on any atom is 0.337 e.